The van der Waals surface area contributed by atoms with Crippen LogP contribution < -0.4 is 0 Å². The molecular weight excluding hydrogens is 1110 g/mol. The van der Waals surface area contributed by atoms with Crippen LogP contribution in [0.4, 0.5) is 8.78 Å². The maximum atomic E-state index is 16.2. The summed E-state index contributed by atoms with van der Waals surface area (Å²) in [6.45, 7) is 22.8. The molecule has 0 saturated heterocycles. The zero-order chi connectivity index (χ0) is 61.5. The van der Waals surface area contributed by atoms with E-state index in [1.54, 1.807) is 0 Å². The summed E-state index contributed by atoms with van der Waals surface area (Å²) in [5.41, 5.74) is 2.00. The van der Waals surface area contributed by atoms with Gasteiger partial charge in [0.2, 0.25) is 0 Å². The van der Waals surface area contributed by atoms with Crippen LogP contribution in [0.15, 0.2) is 52.1 Å². The molecule has 85 heavy (non-hydrogen) atoms. The van der Waals surface area contributed by atoms with Gasteiger partial charge in [-0.15, -0.1) is 34.4 Å². The van der Waals surface area contributed by atoms with Crippen LogP contribution in [0.25, 0.3) is 15.5 Å². The molecule has 4 nitrogen and oxygen atoms in total. The number of carbonyl (C=O) groups excluding carboxylic acids is 2. The highest BCUT2D eigenvalue weighted by Gasteiger charge is 2.51. The Bertz CT molecular complexity index is 2360. The quantitative estimate of drug-likeness (QED) is 0.0490. The summed E-state index contributed by atoms with van der Waals surface area (Å²) in [6.07, 6.45) is 58.1. The number of carbonyl (C=O) groups is 2. The standard InChI is InChI=1S/C76H124F2N2O2S3/c1-11-16-20-24-28-32-34-38-42-46-49-59(48-44-40-36-30-26-22-18-13-3)57-79-69(61-52-53-63(83-61)71-67(77)68(78)72(85-71)75(6,7)8)65-66(74(79)82)70(62-54-55-64(84-62)76(9,10)56-15-5)80(73(65)81)58-60(50-45-41-37-31-27-23-19-14-4)51-47-43-39-35-33-29-25-21-17-12-2/h15,52-54,56,59-60,64H,11-14,16-51,55,57-58H2,1-10H3. The number of nitrogens with zero attached hydrogens (tertiary/aromatic N) is 2. The molecule has 0 aliphatic carbocycles. The highest BCUT2D eigenvalue weighted by atomic mass is 32.2. The number of thioether (sulfide) groups is 1. The van der Waals surface area contributed by atoms with E-state index in [0.29, 0.717) is 50.5 Å². The number of allylic oxidation sites excluding steroid dienone is 3. The fraction of sp³-hybridized carbons (Fsp3) is 0.763. The molecule has 0 saturated carbocycles. The predicted octanol–water partition coefficient (Wildman–Crippen LogP) is 25.6. The van der Waals surface area contributed by atoms with Crippen LogP contribution >= 0.6 is 34.4 Å². The topological polar surface area (TPSA) is 40.6 Å². The molecule has 2 amide bonds. The number of rotatable bonds is 49. The second kappa shape index (κ2) is 40.3. The van der Waals surface area contributed by atoms with Gasteiger partial charge in [0.05, 0.1) is 32.3 Å². The van der Waals surface area contributed by atoms with E-state index in [1.165, 1.54) is 228 Å². The van der Waals surface area contributed by atoms with E-state index in [9.17, 15) is 0 Å². The van der Waals surface area contributed by atoms with Gasteiger partial charge in [-0.25, -0.2) is 8.78 Å². The lowest BCUT2D eigenvalue weighted by atomic mass is 9.87. The number of fused-ring (bicyclic) bond motifs is 1. The lowest BCUT2D eigenvalue weighted by Gasteiger charge is -2.31. The number of hydrogen-bond donors (Lipinski definition) is 0. The summed E-state index contributed by atoms with van der Waals surface area (Å²) in [6, 6.07) is 3.91. The van der Waals surface area contributed by atoms with Gasteiger partial charge in [0, 0.05) is 33.0 Å². The van der Waals surface area contributed by atoms with Crippen molar-refractivity contribution in [2.45, 2.75) is 343 Å². The van der Waals surface area contributed by atoms with Gasteiger partial charge in [-0.05, 0) is 73.8 Å². The molecule has 5 rings (SSSR count). The Morgan fingerprint density at radius 3 is 1.21 bits per heavy atom. The van der Waals surface area contributed by atoms with Gasteiger partial charge in [0.1, 0.15) is 0 Å². The first-order valence-corrected chi connectivity index (χ1v) is 38.4. The fourth-order valence-corrected chi connectivity index (χ4v) is 17.3. The molecule has 0 bridgehead atoms. The van der Waals surface area contributed by atoms with Crippen LogP contribution in [0, 0.1) is 28.9 Å². The lowest BCUT2D eigenvalue weighted by Crippen LogP contribution is -2.35. The molecule has 0 fully saturated rings. The zero-order valence-corrected chi connectivity index (χ0v) is 58.7. The molecule has 3 aliphatic rings. The largest absolute Gasteiger partial charge is 0.306 e. The molecular formula is C76H124F2N2O2S3. The second-order valence-electron chi connectivity index (χ2n) is 28.0. The molecule has 0 spiro atoms. The van der Waals surface area contributed by atoms with Gasteiger partial charge in [-0.3, -0.25) is 9.59 Å². The minimum atomic E-state index is -0.807. The van der Waals surface area contributed by atoms with Crippen LogP contribution in [0.2, 0.25) is 0 Å². The van der Waals surface area contributed by atoms with Gasteiger partial charge in [-0.2, -0.15) is 0 Å². The summed E-state index contributed by atoms with van der Waals surface area (Å²) in [5.74, 6) is -1.08. The highest BCUT2D eigenvalue weighted by Crippen LogP contribution is 2.54. The van der Waals surface area contributed by atoms with Gasteiger partial charge in [0.25, 0.3) is 11.8 Å². The smallest absolute Gasteiger partial charge is 0.261 e. The third-order valence-corrected chi connectivity index (χ3v) is 23.4. The molecule has 5 heterocycles. The van der Waals surface area contributed by atoms with Crippen LogP contribution in [0.3, 0.4) is 0 Å². The average molecular weight is 1230 g/mol. The number of thiophene rings is 2. The average Bonchev–Trinajstić information content (AvgIpc) is 1.59. The van der Waals surface area contributed by atoms with Crippen molar-refractivity contribution in [3.63, 3.8) is 0 Å². The minimum absolute atomic E-state index is 0.0508. The van der Waals surface area contributed by atoms with Crippen LogP contribution in [0.1, 0.15) is 342 Å². The summed E-state index contributed by atoms with van der Waals surface area (Å²) in [4.78, 5) is 39.7. The Labute approximate surface area is 533 Å². The van der Waals surface area contributed by atoms with E-state index in [-0.39, 0.29) is 28.4 Å². The Morgan fingerprint density at radius 1 is 0.494 bits per heavy atom. The highest BCUT2D eigenvalue weighted by molar-refractivity contribution is 8.04. The van der Waals surface area contributed by atoms with Crippen molar-refractivity contribution in [2.24, 2.45) is 17.3 Å². The number of unbranched alkanes of at least 4 members (excludes halogenated alkanes) is 32. The Hall–Kier alpha value is -2.49. The molecule has 0 N–H and O–H groups in total. The van der Waals surface area contributed by atoms with Crippen molar-refractivity contribution in [3.05, 3.63) is 73.5 Å². The Morgan fingerprint density at radius 2 is 0.847 bits per heavy atom. The summed E-state index contributed by atoms with van der Waals surface area (Å²) < 4.78 is 32.0. The third kappa shape index (κ3) is 23.7. The second-order valence-corrected chi connectivity index (χ2v) is 31.4. The minimum Gasteiger partial charge on any atom is -0.306 e. The normalized spacial score (nSPS) is 16.7. The van der Waals surface area contributed by atoms with E-state index in [0.717, 1.165) is 73.3 Å². The maximum Gasteiger partial charge on any atom is 0.261 e. The van der Waals surface area contributed by atoms with Crippen LogP contribution in [-0.4, -0.2) is 40.0 Å². The monoisotopic (exact) mass is 1230 g/mol. The van der Waals surface area contributed by atoms with Crippen molar-refractivity contribution < 1.29 is 18.4 Å². The molecule has 0 aromatic carbocycles. The molecule has 2 aromatic rings. The van der Waals surface area contributed by atoms with Crippen molar-refractivity contribution >= 4 is 51.9 Å². The molecule has 9 heteroatoms. The van der Waals surface area contributed by atoms with Gasteiger partial charge < -0.3 is 9.80 Å². The van der Waals surface area contributed by atoms with E-state index in [1.807, 2.05) is 49.6 Å². The first-order valence-electron chi connectivity index (χ1n) is 35.9. The first-order chi connectivity index (χ1) is 41.1. The Balaban J connectivity index is 1.55. The van der Waals surface area contributed by atoms with E-state index < -0.39 is 17.0 Å². The summed E-state index contributed by atoms with van der Waals surface area (Å²) in [5, 5.41) is 0.264. The van der Waals surface area contributed by atoms with Crippen molar-refractivity contribution in [3.8, 4) is 9.75 Å². The van der Waals surface area contributed by atoms with Crippen LogP contribution in [0.5, 0.6) is 0 Å². The van der Waals surface area contributed by atoms with Gasteiger partial charge in [0.15, 0.2) is 11.6 Å². The lowest BCUT2D eigenvalue weighted by molar-refractivity contribution is -0.124. The van der Waals surface area contributed by atoms with Gasteiger partial charge >= 0.3 is 0 Å². The van der Waals surface area contributed by atoms with E-state index in [4.69, 9.17) is 0 Å². The van der Waals surface area contributed by atoms with Crippen molar-refractivity contribution in [1.82, 2.24) is 9.80 Å². The van der Waals surface area contributed by atoms with E-state index >= 15 is 18.4 Å². The fourth-order valence-electron chi connectivity index (χ4n) is 13.6. The van der Waals surface area contributed by atoms with Gasteiger partial charge in [-0.1, -0.05) is 312 Å². The number of halogens is 2. The van der Waals surface area contributed by atoms with Crippen LogP contribution in [-0.2, 0) is 15.0 Å². The maximum absolute atomic E-state index is 16.2. The molecule has 3 aliphatic heterocycles. The number of amides is 2. The Kier molecular flexibility index (Phi) is 34.7. The zero-order valence-electron chi connectivity index (χ0n) is 56.2. The molecule has 482 valence electrons. The molecule has 3 unspecified atom stereocenters. The number of hydrogen-bond acceptors (Lipinski definition) is 5. The molecule has 2 aromatic heterocycles. The van der Waals surface area contributed by atoms with Crippen molar-refractivity contribution in [2.75, 3.05) is 13.1 Å². The van der Waals surface area contributed by atoms with E-state index in [2.05, 4.69) is 71.6 Å². The predicted molar refractivity (Wildman–Crippen MR) is 371 cm³/mol. The van der Waals surface area contributed by atoms with Crippen molar-refractivity contribution in [1.29, 1.82) is 0 Å². The third-order valence-electron chi connectivity index (χ3n) is 18.9. The summed E-state index contributed by atoms with van der Waals surface area (Å²) >= 11 is 4.47. The SMILES string of the molecule is CC=CC(C)(C)C1CC=C(C2=C3C(=O)N(CC(CCCCCCCCCC)CCCCCCCCCCCC)C(c4ccc(-c5sc(C(C)(C)C)c(F)c5F)s4)=C3C(=O)N2CC(CCCCCCCCCC)CCCCCCCCCCCC)S1. The summed E-state index contributed by atoms with van der Waals surface area (Å²) in [7, 11) is 0. The molecule has 3 atom stereocenters. The molecule has 0 radical (unpaired) electrons. The first kappa shape index (κ1) is 73.2.